The number of rotatable bonds is 2. The van der Waals surface area contributed by atoms with Crippen molar-refractivity contribution in [2.24, 2.45) is 7.05 Å². The largest absolute Gasteiger partial charge is 0.344 e. The van der Waals surface area contributed by atoms with Crippen molar-refractivity contribution in [3.8, 4) is 11.3 Å². The van der Waals surface area contributed by atoms with Crippen molar-refractivity contribution in [1.29, 1.82) is 0 Å². The summed E-state index contributed by atoms with van der Waals surface area (Å²) in [4.78, 5) is 6.82. The van der Waals surface area contributed by atoms with Gasteiger partial charge in [-0.2, -0.15) is 0 Å². The first kappa shape index (κ1) is 14.6. The minimum Gasteiger partial charge on any atom is -0.344 e. The van der Waals surface area contributed by atoms with E-state index in [1.165, 1.54) is 27.9 Å². The summed E-state index contributed by atoms with van der Waals surface area (Å²) in [6, 6.07) is 14.8. The van der Waals surface area contributed by atoms with Gasteiger partial charge in [0.1, 0.15) is 5.69 Å². The summed E-state index contributed by atoms with van der Waals surface area (Å²) in [7, 11) is 2.06. The van der Waals surface area contributed by atoms with E-state index in [1.807, 2.05) is 12.4 Å². The predicted molar refractivity (Wildman–Crippen MR) is 98.7 cm³/mol. The zero-order valence-corrected chi connectivity index (χ0v) is 14.0. The molecule has 3 heteroatoms. The van der Waals surface area contributed by atoms with E-state index in [9.17, 15) is 0 Å². The van der Waals surface area contributed by atoms with Crippen LogP contribution in [0.2, 0.25) is 0 Å². The third-order valence-electron chi connectivity index (χ3n) is 4.57. The number of fused-ring (bicyclic) bond motifs is 1. The maximum atomic E-state index is 4.54. The number of nitrogens with zero attached hydrogens (tertiary/aromatic N) is 3. The molecule has 3 nitrogen and oxygen atoms in total. The maximum absolute atomic E-state index is 4.54. The molecule has 118 valence electrons. The van der Waals surface area contributed by atoms with Gasteiger partial charge >= 0.3 is 0 Å². The second kappa shape index (κ2) is 5.93. The van der Waals surface area contributed by atoms with Gasteiger partial charge in [-0.25, -0.2) is 4.57 Å². The summed E-state index contributed by atoms with van der Waals surface area (Å²) in [5, 5.41) is 1.18. The molecule has 1 aliphatic heterocycles. The third kappa shape index (κ3) is 2.38. The molecule has 0 fully saturated rings. The molecule has 0 N–H and O–H groups in total. The smallest absolute Gasteiger partial charge is 0.287 e. The lowest BCUT2D eigenvalue weighted by Crippen LogP contribution is -2.32. The van der Waals surface area contributed by atoms with Crippen LogP contribution in [-0.2, 0) is 7.05 Å². The van der Waals surface area contributed by atoms with Crippen molar-refractivity contribution in [3.05, 3.63) is 78.8 Å². The molecule has 0 spiro atoms. The molecule has 0 saturated heterocycles. The average molecular weight is 314 g/mol. The highest BCUT2D eigenvalue weighted by Crippen LogP contribution is 2.32. The molecule has 2 aromatic carbocycles. The fourth-order valence-corrected chi connectivity index (χ4v) is 3.36. The van der Waals surface area contributed by atoms with Crippen molar-refractivity contribution in [1.82, 2.24) is 4.98 Å². The lowest BCUT2D eigenvalue weighted by atomic mass is 9.99. The summed E-state index contributed by atoms with van der Waals surface area (Å²) in [5.74, 6) is 0. The fourth-order valence-electron chi connectivity index (χ4n) is 3.36. The van der Waals surface area contributed by atoms with Gasteiger partial charge in [0, 0.05) is 24.0 Å². The minimum absolute atomic E-state index is 0.907. The Morgan fingerprint density at radius 1 is 1.04 bits per heavy atom. The van der Waals surface area contributed by atoms with Crippen molar-refractivity contribution in [3.63, 3.8) is 0 Å². The SMILES string of the molecule is Cc1c(-c2c3ccccc3nc[n+]2C)cccc1N1C=CC=CC1. The summed E-state index contributed by atoms with van der Waals surface area (Å²) < 4.78 is 2.11. The molecule has 0 saturated carbocycles. The predicted octanol–water partition coefficient (Wildman–Crippen LogP) is 3.92. The third-order valence-corrected chi connectivity index (χ3v) is 4.57. The number of benzene rings is 2. The highest BCUT2D eigenvalue weighted by Gasteiger charge is 2.18. The van der Waals surface area contributed by atoms with Crippen LogP contribution in [0, 0.1) is 6.92 Å². The number of allylic oxidation sites excluding steroid dienone is 2. The molecular weight excluding hydrogens is 294 g/mol. The number of para-hydroxylation sites is 1. The normalized spacial score (nSPS) is 13.7. The van der Waals surface area contributed by atoms with Crippen LogP contribution in [0.1, 0.15) is 5.56 Å². The highest BCUT2D eigenvalue weighted by molar-refractivity contribution is 5.92. The van der Waals surface area contributed by atoms with E-state index < -0.39 is 0 Å². The summed E-state index contributed by atoms with van der Waals surface area (Å²) in [5.41, 5.74) is 6.00. The van der Waals surface area contributed by atoms with Crippen molar-refractivity contribution >= 4 is 16.6 Å². The lowest BCUT2D eigenvalue weighted by molar-refractivity contribution is -0.662. The van der Waals surface area contributed by atoms with Crippen LogP contribution < -0.4 is 9.47 Å². The van der Waals surface area contributed by atoms with Gasteiger partial charge < -0.3 is 4.90 Å². The molecule has 24 heavy (non-hydrogen) atoms. The molecule has 0 radical (unpaired) electrons. The van der Waals surface area contributed by atoms with Gasteiger partial charge in [0.05, 0.1) is 12.4 Å². The summed E-state index contributed by atoms with van der Waals surface area (Å²) in [6.45, 7) is 3.11. The van der Waals surface area contributed by atoms with E-state index in [4.69, 9.17) is 0 Å². The zero-order chi connectivity index (χ0) is 16.5. The van der Waals surface area contributed by atoms with Crippen LogP contribution in [0.5, 0.6) is 0 Å². The molecule has 0 unspecified atom stereocenters. The molecule has 1 aliphatic rings. The quantitative estimate of drug-likeness (QED) is 0.668. The number of hydrogen-bond donors (Lipinski definition) is 0. The Hall–Kier alpha value is -2.94. The van der Waals surface area contributed by atoms with E-state index in [2.05, 4.69) is 89.2 Å². The Kier molecular flexibility index (Phi) is 3.62. The van der Waals surface area contributed by atoms with E-state index in [0.29, 0.717) is 0 Å². The molecule has 3 aromatic rings. The number of anilines is 1. The number of aryl methyl sites for hydroxylation is 1. The summed E-state index contributed by atoms with van der Waals surface area (Å²) in [6.07, 6.45) is 10.4. The molecule has 0 amide bonds. The molecule has 1 aromatic heterocycles. The van der Waals surface area contributed by atoms with Crippen molar-refractivity contribution in [2.45, 2.75) is 6.92 Å². The van der Waals surface area contributed by atoms with Crippen LogP contribution in [0.3, 0.4) is 0 Å². The Morgan fingerprint density at radius 2 is 1.92 bits per heavy atom. The minimum atomic E-state index is 0.907. The van der Waals surface area contributed by atoms with Crippen LogP contribution in [0.15, 0.2) is 73.2 Å². The van der Waals surface area contributed by atoms with E-state index in [0.717, 1.165) is 12.1 Å². The standard InChI is InChI=1S/C21H20N3/c1-16-17(10-8-12-20(16)24-13-6-3-7-14-24)21-18-9-4-5-11-19(18)22-15-23(21)2/h3-13,15H,14H2,1-2H3/q+1. The second-order valence-corrected chi connectivity index (χ2v) is 6.09. The van der Waals surface area contributed by atoms with Crippen LogP contribution in [-0.4, -0.2) is 11.5 Å². The van der Waals surface area contributed by atoms with Gasteiger partial charge in [0.25, 0.3) is 6.33 Å². The van der Waals surface area contributed by atoms with Gasteiger partial charge in [0.15, 0.2) is 5.52 Å². The molecule has 0 atom stereocenters. The van der Waals surface area contributed by atoms with Crippen LogP contribution >= 0.6 is 0 Å². The van der Waals surface area contributed by atoms with Gasteiger partial charge in [-0.05, 0) is 41.7 Å². The lowest BCUT2D eigenvalue weighted by Gasteiger charge is -2.24. The Balaban J connectivity index is 1.94. The highest BCUT2D eigenvalue weighted by atomic mass is 15.1. The number of hydrogen-bond acceptors (Lipinski definition) is 2. The first-order valence-corrected chi connectivity index (χ1v) is 8.19. The molecule has 0 bridgehead atoms. The van der Waals surface area contributed by atoms with Crippen LogP contribution in [0.4, 0.5) is 5.69 Å². The van der Waals surface area contributed by atoms with Gasteiger partial charge in [-0.15, -0.1) is 0 Å². The number of aromatic nitrogens is 2. The fraction of sp³-hybridized carbons (Fsp3) is 0.143. The van der Waals surface area contributed by atoms with E-state index in [-0.39, 0.29) is 0 Å². The van der Waals surface area contributed by atoms with Gasteiger partial charge in [-0.1, -0.05) is 36.4 Å². The Morgan fingerprint density at radius 3 is 2.75 bits per heavy atom. The van der Waals surface area contributed by atoms with Crippen LogP contribution in [0.25, 0.3) is 22.2 Å². The maximum Gasteiger partial charge on any atom is 0.287 e. The Labute approximate surface area is 142 Å². The molecule has 4 rings (SSSR count). The monoisotopic (exact) mass is 314 g/mol. The topological polar surface area (TPSA) is 20.0 Å². The van der Waals surface area contributed by atoms with Crippen molar-refractivity contribution < 1.29 is 4.57 Å². The van der Waals surface area contributed by atoms with E-state index in [1.54, 1.807) is 0 Å². The molecular formula is C21H20N3+. The first-order valence-electron chi connectivity index (χ1n) is 8.19. The zero-order valence-electron chi connectivity index (χ0n) is 14.0. The molecule has 2 heterocycles. The first-order chi connectivity index (χ1) is 11.8. The average Bonchev–Trinajstić information content (AvgIpc) is 2.63. The summed E-state index contributed by atoms with van der Waals surface area (Å²) >= 11 is 0. The van der Waals surface area contributed by atoms with Gasteiger partial charge in [-0.3, -0.25) is 0 Å². The van der Waals surface area contributed by atoms with Crippen molar-refractivity contribution in [2.75, 3.05) is 11.4 Å². The molecule has 0 aliphatic carbocycles. The second-order valence-electron chi connectivity index (χ2n) is 6.09. The van der Waals surface area contributed by atoms with Gasteiger partial charge in [0.2, 0.25) is 0 Å². The Bertz CT molecular complexity index is 970. The van der Waals surface area contributed by atoms with E-state index >= 15 is 0 Å².